The van der Waals surface area contributed by atoms with Crippen LogP contribution in [0.15, 0.2) is 22.6 Å². The van der Waals surface area contributed by atoms with Gasteiger partial charge in [-0.2, -0.15) is 0 Å². The normalized spacial score (nSPS) is 12.4. The Balaban J connectivity index is 2.66. The number of hydrogen-bond donors (Lipinski definition) is 0. The molecule has 0 radical (unpaired) electrons. The molecule has 0 fully saturated rings. The lowest BCUT2D eigenvalue weighted by molar-refractivity contribution is 0.419. The second kappa shape index (κ2) is 6.44. The van der Waals surface area contributed by atoms with Crippen LogP contribution in [-0.4, -0.2) is 5.16 Å². The first kappa shape index (κ1) is 12.0. The number of hydrogen-bond acceptors (Lipinski definition) is 2. The minimum atomic E-state index is 0.717. The van der Waals surface area contributed by atoms with Crippen LogP contribution in [0.1, 0.15) is 52.0 Å². The summed E-state index contributed by atoms with van der Waals surface area (Å²) < 4.78 is 4.82. The van der Waals surface area contributed by atoms with Crippen LogP contribution in [-0.2, 0) is 0 Å². The first-order valence-electron chi connectivity index (χ1n) is 5.85. The lowest BCUT2D eigenvalue weighted by atomic mass is 9.90. The molecule has 1 heterocycles. The first-order valence-corrected chi connectivity index (χ1v) is 5.85. The topological polar surface area (TPSA) is 26.0 Å². The smallest absolute Gasteiger partial charge is 0.131 e. The van der Waals surface area contributed by atoms with Gasteiger partial charge in [0.15, 0.2) is 0 Å². The van der Waals surface area contributed by atoms with E-state index in [1.807, 2.05) is 0 Å². The maximum absolute atomic E-state index is 4.82. The lowest BCUT2D eigenvalue weighted by Gasteiger charge is -2.15. The Morgan fingerprint density at radius 3 is 2.53 bits per heavy atom. The van der Waals surface area contributed by atoms with Crippen LogP contribution >= 0.6 is 0 Å². The van der Waals surface area contributed by atoms with Crippen LogP contribution < -0.4 is 0 Å². The van der Waals surface area contributed by atoms with Crippen molar-refractivity contribution in [1.29, 1.82) is 0 Å². The van der Waals surface area contributed by atoms with E-state index in [0.29, 0.717) is 0 Å². The fourth-order valence-electron chi connectivity index (χ4n) is 1.96. The van der Waals surface area contributed by atoms with Gasteiger partial charge in [-0.3, -0.25) is 0 Å². The molecule has 0 saturated heterocycles. The SMILES string of the molecule is CCCC(CCC)/C(C)=C\c1cnoc1. The van der Waals surface area contributed by atoms with Gasteiger partial charge in [-0.05, 0) is 25.7 Å². The zero-order valence-corrected chi connectivity index (χ0v) is 9.99. The van der Waals surface area contributed by atoms with Gasteiger partial charge < -0.3 is 4.52 Å². The Bertz CT molecular complexity index is 281. The van der Waals surface area contributed by atoms with Crippen LogP contribution in [0.2, 0.25) is 0 Å². The molecule has 2 nitrogen and oxygen atoms in total. The molecule has 0 bridgehead atoms. The van der Waals surface area contributed by atoms with Crippen molar-refractivity contribution < 1.29 is 4.52 Å². The number of aromatic nitrogens is 1. The van der Waals surface area contributed by atoms with E-state index in [0.717, 1.165) is 11.5 Å². The molecule has 0 spiro atoms. The molecule has 0 aromatic carbocycles. The third-order valence-electron chi connectivity index (χ3n) is 2.76. The maximum Gasteiger partial charge on any atom is 0.131 e. The second-order valence-corrected chi connectivity index (χ2v) is 4.12. The molecule has 0 amide bonds. The molecule has 0 aliphatic carbocycles. The summed E-state index contributed by atoms with van der Waals surface area (Å²) in [5.74, 6) is 0.717. The summed E-state index contributed by atoms with van der Waals surface area (Å²) in [7, 11) is 0. The number of allylic oxidation sites excluding steroid dienone is 1. The van der Waals surface area contributed by atoms with Gasteiger partial charge in [-0.1, -0.05) is 43.5 Å². The van der Waals surface area contributed by atoms with E-state index < -0.39 is 0 Å². The molecule has 1 rings (SSSR count). The highest BCUT2D eigenvalue weighted by molar-refractivity contribution is 5.50. The molecule has 0 aliphatic heterocycles. The maximum atomic E-state index is 4.82. The Morgan fingerprint density at radius 2 is 2.07 bits per heavy atom. The quantitative estimate of drug-likeness (QED) is 0.695. The van der Waals surface area contributed by atoms with Crippen LogP contribution in [0, 0.1) is 5.92 Å². The highest BCUT2D eigenvalue weighted by atomic mass is 16.5. The van der Waals surface area contributed by atoms with Gasteiger partial charge >= 0.3 is 0 Å². The van der Waals surface area contributed by atoms with Gasteiger partial charge in [0, 0.05) is 5.56 Å². The summed E-state index contributed by atoms with van der Waals surface area (Å²) >= 11 is 0. The minimum absolute atomic E-state index is 0.717. The van der Waals surface area contributed by atoms with Gasteiger partial charge in [0.2, 0.25) is 0 Å². The van der Waals surface area contributed by atoms with Crippen LogP contribution in [0.3, 0.4) is 0 Å². The van der Waals surface area contributed by atoms with Gasteiger partial charge in [-0.25, -0.2) is 0 Å². The molecule has 0 atom stereocenters. The molecule has 84 valence electrons. The van der Waals surface area contributed by atoms with Crippen LogP contribution in [0.25, 0.3) is 6.08 Å². The van der Waals surface area contributed by atoms with Crippen molar-refractivity contribution in [2.75, 3.05) is 0 Å². The van der Waals surface area contributed by atoms with E-state index in [2.05, 4.69) is 32.0 Å². The van der Waals surface area contributed by atoms with Crippen molar-refractivity contribution in [3.8, 4) is 0 Å². The Labute approximate surface area is 92.4 Å². The molecule has 0 aliphatic rings. The van der Waals surface area contributed by atoms with Gasteiger partial charge in [0.05, 0.1) is 6.20 Å². The molecule has 1 aromatic heterocycles. The van der Waals surface area contributed by atoms with E-state index in [9.17, 15) is 0 Å². The lowest BCUT2D eigenvalue weighted by Crippen LogP contribution is -2.01. The van der Waals surface area contributed by atoms with E-state index in [1.54, 1.807) is 12.5 Å². The Morgan fingerprint density at radius 1 is 1.40 bits per heavy atom. The highest BCUT2D eigenvalue weighted by Crippen LogP contribution is 2.24. The molecule has 0 unspecified atom stereocenters. The van der Waals surface area contributed by atoms with E-state index >= 15 is 0 Å². The summed E-state index contributed by atoms with van der Waals surface area (Å²) in [5, 5.41) is 3.71. The highest BCUT2D eigenvalue weighted by Gasteiger charge is 2.08. The van der Waals surface area contributed by atoms with E-state index in [-0.39, 0.29) is 0 Å². The van der Waals surface area contributed by atoms with Crippen LogP contribution in [0.4, 0.5) is 0 Å². The monoisotopic (exact) mass is 207 g/mol. The summed E-state index contributed by atoms with van der Waals surface area (Å²) in [6, 6.07) is 0. The molecular weight excluding hydrogens is 186 g/mol. The van der Waals surface area contributed by atoms with Crippen molar-refractivity contribution >= 4 is 6.08 Å². The van der Waals surface area contributed by atoms with Crippen molar-refractivity contribution in [3.05, 3.63) is 23.6 Å². The fraction of sp³-hybridized carbons (Fsp3) is 0.615. The van der Waals surface area contributed by atoms with E-state index in [1.165, 1.54) is 31.3 Å². The standard InChI is InChI=1S/C13H21NO/c1-4-6-13(7-5-2)11(3)8-12-9-14-15-10-12/h8-10,13H,4-7H2,1-3H3/b11-8-. The second-order valence-electron chi connectivity index (χ2n) is 4.12. The fourth-order valence-corrected chi connectivity index (χ4v) is 1.96. The van der Waals surface area contributed by atoms with Gasteiger partial charge in [0.25, 0.3) is 0 Å². The third-order valence-corrected chi connectivity index (χ3v) is 2.76. The average molecular weight is 207 g/mol. The van der Waals surface area contributed by atoms with E-state index in [4.69, 9.17) is 4.52 Å². The van der Waals surface area contributed by atoms with Crippen molar-refractivity contribution in [2.45, 2.75) is 46.5 Å². The summed E-state index contributed by atoms with van der Waals surface area (Å²) in [6.45, 7) is 6.70. The largest absolute Gasteiger partial charge is 0.364 e. The zero-order chi connectivity index (χ0) is 11.1. The zero-order valence-electron chi connectivity index (χ0n) is 9.99. The van der Waals surface area contributed by atoms with Crippen LogP contribution in [0.5, 0.6) is 0 Å². The predicted octanol–water partition coefficient (Wildman–Crippen LogP) is 4.29. The summed E-state index contributed by atoms with van der Waals surface area (Å²) in [4.78, 5) is 0. The Kier molecular flexibility index (Phi) is 5.16. The molecule has 1 aromatic rings. The van der Waals surface area contributed by atoms with Gasteiger partial charge in [-0.15, -0.1) is 0 Å². The minimum Gasteiger partial charge on any atom is -0.364 e. The molecule has 0 N–H and O–H groups in total. The predicted molar refractivity (Wildman–Crippen MR) is 63.5 cm³/mol. The molecule has 15 heavy (non-hydrogen) atoms. The Hall–Kier alpha value is -1.05. The first-order chi connectivity index (χ1) is 7.27. The number of nitrogens with zero attached hydrogens (tertiary/aromatic N) is 1. The molecule has 2 heteroatoms. The average Bonchev–Trinajstić information content (AvgIpc) is 2.70. The van der Waals surface area contributed by atoms with Gasteiger partial charge in [0.1, 0.15) is 6.26 Å². The summed E-state index contributed by atoms with van der Waals surface area (Å²) in [6.07, 6.45) is 10.7. The molecular formula is C13H21NO. The summed E-state index contributed by atoms with van der Waals surface area (Å²) in [5.41, 5.74) is 2.52. The molecule has 0 saturated carbocycles. The number of rotatable bonds is 6. The third kappa shape index (κ3) is 3.90. The van der Waals surface area contributed by atoms with Crippen molar-refractivity contribution in [2.24, 2.45) is 5.92 Å². The van der Waals surface area contributed by atoms with Crippen molar-refractivity contribution in [3.63, 3.8) is 0 Å². The van der Waals surface area contributed by atoms with Crippen molar-refractivity contribution in [1.82, 2.24) is 5.16 Å².